The van der Waals surface area contributed by atoms with Crippen molar-refractivity contribution < 1.29 is 47.6 Å². The van der Waals surface area contributed by atoms with Gasteiger partial charge in [-0.2, -0.15) is 0 Å². The fraction of sp³-hybridized carbons (Fsp3) is 0. The third-order valence-electron chi connectivity index (χ3n) is 1.14. The van der Waals surface area contributed by atoms with E-state index < -0.39 is 21.6 Å². The van der Waals surface area contributed by atoms with Crippen LogP contribution in [0.4, 0.5) is 0 Å². The standard InChI is InChI=1S/C5H5NO5S.Na/c7-4-2-1-3-6(5(4)8)12(9,10)11;/h1-3,7H,(H,9,10,11);/q;+1/p-1. The maximum absolute atomic E-state index is 10.7. The van der Waals surface area contributed by atoms with Crippen molar-refractivity contribution in [2.24, 2.45) is 0 Å². The average molecular weight is 213 g/mol. The number of pyridine rings is 1. The van der Waals surface area contributed by atoms with Crippen LogP contribution in [0.1, 0.15) is 0 Å². The maximum Gasteiger partial charge on any atom is 1.00 e. The molecule has 1 N–H and O–H groups in total. The van der Waals surface area contributed by atoms with Crippen LogP contribution >= 0.6 is 0 Å². The molecule has 8 heteroatoms. The van der Waals surface area contributed by atoms with Gasteiger partial charge in [-0.15, -0.1) is 0 Å². The van der Waals surface area contributed by atoms with Gasteiger partial charge in [0, 0.05) is 6.20 Å². The largest absolute Gasteiger partial charge is 1.00 e. The molecule has 0 aliphatic rings. The zero-order valence-electron chi connectivity index (χ0n) is 6.67. The van der Waals surface area contributed by atoms with Gasteiger partial charge in [0.05, 0.1) is 0 Å². The molecule has 0 bridgehead atoms. The normalized spacial score (nSPS) is 10.5. The Labute approximate surface area is 96.0 Å². The van der Waals surface area contributed by atoms with Crippen LogP contribution in [-0.2, 0) is 10.3 Å². The molecule has 1 rings (SSSR count). The van der Waals surface area contributed by atoms with Crippen molar-refractivity contribution in [1.29, 1.82) is 0 Å². The van der Waals surface area contributed by atoms with Crippen LogP contribution in [0.3, 0.4) is 0 Å². The first-order valence-corrected chi connectivity index (χ1v) is 4.16. The molecule has 1 aromatic rings. The molecule has 0 amide bonds. The van der Waals surface area contributed by atoms with Gasteiger partial charge in [0.1, 0.15) is 0 Å². The number of aromatic hydroxyl groups is 1. The first-order chi connectivity index (χ1) is 5.43. The van der Waals surface area contributed by atoms with Gasteiger partial charge >= 0.3 is 35.1 Å². The summed E-state index contributed by atoms with van der Waals surface area (Å²) in [5.41, 5.74) is -1.24. The Morgan fingerprint density at radius 2 is 2.00 bits per heavy atom. The number of nitrogens with zero attached hydrogens (tertiary/aromatic N) is 1. The van der Waals surface area contributed by atoms with Crippen molar-refractivity contribution in [1.82, 2.24) is 3.97 Å². The molecular weight excluding hydrogens is 209 g/mol. The summed E-state index contributed by atoms with van der Waals surface area (Å²) >= 11 is 0. The molecule has 0 spiro atoms. The summed E-state index contributed by atoms with van der Waals surface area (Å²) < 4.78 is 30.8. The molecule has 66 valence electrons. The SMILES string of the molecule is O=c1c(O)cccn1S(=O)(=O)[O-].[Na+]. The zero-order valence-corrected chi connectivity index (χ0v) is 9.48. The van der Waals surface area contributed by atoms with Crippen molar-refractivity contribution >= 4 is 10.3 Å². The number of rotatable bonds is 1. The molecule has 0 aliphatic carbocycles. The molecular formula is C5H4NNaO5S. The van der Waals surface area contributed by atoms with E-state index in [1.165, 1.54) is 0 Å². The van der Waals surface area contributed by atoms with Crippen molar-refractivity contribution in [2.75, 3.05) is 0 Å². The Bertz CT molecular complexity index is 450. The van der Waals surface area contributed by atoms with Gasteiger partial charge in [0.15, 0.2) is 16.1 Å². The quantitative estimate of drug-likeness (QED) is 0.377. The van der Waals surface area contributed by atoms with Crippen molar-refractivity contribution in [3.05, 3.63) is 28.7 Å². The molecule has 0 atom stereocenters. The van der Waals surface area contributed by atoms with E-state index >= 15 is 0 Å². The fourth-order valence-electron chi connectivity index (χ4n) is 0.640. The molecule has 6 nitrogen and oxygen atoms in total. The first-order valence-electron chi connectivity index (χ1n) is 2.80. The molecule has 0 saturated heterocycles. The van der Waals surface area contributed by atoms with Crippen molar-refractivity contribution in [2.45, 2.75) is 0 Å². The Morgan fingerprint density at radius 3 is 2.38 bits per heavy atom. The van der Waals surface area contributed by atoms with Crippen LogP contribution in [0.25, 0.3) is 0 Å². The smallest absolute Gasteiger partial charge is 0.730 e. The molecule has 0 unspecified atom stereocenters. The van der Waals surface area contributed by atoms with Gasteiger partial charge in [0.2, 0.25) is 0 Å². The van der Waals surface area contributed by atoms with Crippen LogP contribution in [0.15, 0.2) is 23.1 Å². The molecule has 0 fully saturated rings. The second-order valence-corrected chi connectivity index (χ2v) is 3.20. The summed E-state index contributed by atoms with van der Waals surface area (Å²) in [7, 11) is -4.86. The van der Waals surface area contributed by atoms with Crippen LogP contribution in [0, 0.1) is 0 Å². The van der Waals surface area contributed by atoms with E-state index in [-0.39, 0.29) is 33.5 Å². The van der Waals surface area contributed by atoms with E-state index in [4.69, 9.17) is 5.11 Å². The molecule has 0 aromatic carbocycles. The van der Waals surface area contributed by atoms with E-state index in [1.54, 1.807) is 0 Å². The zero-order chi connectivity index (χ0) is 9.35. The Balaban J connectivity index is 0.00000144. The Kier molecular flexibility index (Phi) is 4.14. The monoisotopic (exact) mass is 213 g/mol. The van der Waals surface area contributed by atoms with E-state index in [0.717, 1.165) is 18.3 Å². The molecule has 13 heavy (non-hydrogen) atoms. The predicted molar refractivity (Wildman–Crippen MR) is 37.5 cm³/mol. The third kappa shape index (κ3) is 2.82. The van der Waals surface area contributed by atoms with Crippen LogP contribution in [0.2, 0.25) is 0 Å². The van der Waals surface area contributed by atoms with Gasteiger partial charge in [-0.1, -0.05) is 0 Å². The Morgan fingerprint density at radius 1 is 1.46 bits per heavy atom. The van der Waals surface area contributed by atoms with Crippen LogP contribution < -0.4 is 35.1 Å². The molecule has 1 heterocycles. The summed E-state index contributed by atoms with van der Waals surface area (Å²) in [5, 5.41) is 8.73. The summed E-state index contributed by atoms with van der Waals surface area (Å²) in [6.45, 7) is 0. The summed E-state index contributed by atoms with van der Waals surface area (Å²) in [4.78, 5) is 10.7. The predicted octanol–water partition coefficient (Wildman–Crippen LogP) is -4.13. The van der Waals surface area contributed by atoms with Crippen LogP contribution in [0.5, 0.6) is 5.75 Å². The Hall–Kier alpha value is -0.340. The van der Waals surface area contributed by atoms with Gasteiger partial charge in [-0.05, 0) is 12.1 Å². The van der Waals surface area contributed by atoms with E-state index in [0.29, 0.717) is 0 Å². The van der Waals surface area contributed by atoms with E-state index in [9.17, 15) is 17.8 Å². The van der Waals surface area contributed by atoms with Gasteiger partial charge < -0.3 is 9.66 Å². The van der Waals surface area contributed by atoms with Crippen LogP contribution in [-0.4, -0.2) is 22.0 Å². The molecule has 0 radical (unpaired) electrons. The number of hydrogen-bond acceptors (Lipinski definition) is 5. The summed E-state index contributed by atoms with van der Waals surface area (Å²) in [6.07, 6.45) is 0.768. The molecule has 0 aliphatic heterocycles. The van der Waals surface area contributed by atoms with Gasteiger partial charge in [-0.25, -0.2) is 12.4 Å². The average Bonchev–Trinajstić information content (AvgIpc) is 1.92. The second-order valence-electron chi connectivity index (χ2n) is 1.95. The number of aromatic nitrogens is 1. The summed E-state index contributed by atoms with van der Waals surface area (Å²) in [5.74, 6) is -0.781. The second kappa shape index (κ2) is 4.25. The van der Waals surface area contributed by atoms with Crippen molar-refractivity contribution in [3.8, 4) is 5.75 Å². The topological polar surface area (TPSA) is 99.4 Å². The minimum absolute atomic E-state index is 0. The minimum atomic E-state index is -4.86. The van der Waals surface area contributed by atoms with Gasteiger partial charge in [-0.3, -0.25) is 4.79 Å². The molecule has 1 aromatic heterocycles. The fourth-order valence-corrected chi connectivity index (χ4v) is 1.16. The van der Waals surface area contributed by atoms with E-state index in [2.05, 4.69) is 0 Å². The maximum atomic E-state index is 10.7. The van der Waals surface area contributed by atoms with Gasteiger partial charge in [0.25, 0.3) is 0 Å². The minimum Gasteiger partial charge on any atom is -0.730 e. The molecule has 0 saturated carbocycles. The number of hydrogen-bond donors (Lipinski definition) is 1. The van der Waals surface area contributed by atoms with E-state index in [1.807, 2.05) is 0 Å². The summed E-state index contributed by atoms with van der Waals surface area (Å²) in [6, 6.07) is 2.07. The first kappa shape index (κ1) is 12.7. The van der Waals surface area contributed by atoms with Crippen molar-refractivity contribution in [3.63, 3.8) is 0 Å². The third-order valence-corrected chi connectivity index (χ3v) is 1.91.